The molecule has 1 saturated heterocycles. The highest BCUT2D eigenvalue weighted by Crippen LogP contribution is 2.35. The van der Waals surface area contributed by atoms with Gasteiger partial charge in [-0.05, 0) is 36.6 Å². The molecule has 0 spiro atoms. The van der Waals surface area contributed by atoms with E-state index in [1.165, 1.54) is 47.8 Å². The first-order chi connectivity index (χ1) is 10.9. The summed E-state index contributed by atoms with van der Waals surface area (Å²) < 4.78 is 0. The fraction of sp³-hybridized carbons (Fsp3) is 0.300. The Morgan fingerprint density at radius 3 is 2.68 bits per heavy atom. The second-order valence-corrected chi connectivity index (χ2v) is 6.26. The van der Waals surface area contributed by atoms with E-state index in [0.29, 0.717) is 6.04 Å². The van der Waals surface area contributed by atoms with E-state index < -0.39 is 0 Å². The van der Waals surface area contributed by atoms with Crippen LogP contribution in [0, 0.1) is 0 Å². The fourth-order valence-corrected chi connectivity index (χ4v) is 3.72. The highest BCUT2D eigenvalue weighted by atomic mass is 15.2. The molecule has 1 atom stereocenters. The molecule has 0 bridgehead atoms. The van der Waals surface area contributed by atoms with E-state index in [1.807, 2.05) is 0 Å². The first-order valence-electron chi connectivity index (χ1n) is 8.26. The number of para-hydroxylation sites is 1. The average Bonchev–Trinajstić information content (AvgIpc) is 3.00. The number of likely N-dealkylation sites (tertiary alicyclic amines) is 1. The van der Waals surface area contributed by atoms with Crippen LogP contribution in [0.1, 0.15) is 36.4 Å². The molecule has 1 aliphatic heterocycles. The van der Waals surface area contributed by atoms with Crippen molar-refractivity contribution in [1.82, 2.24) is 9.88 Å². The van der Waals surface area contributed by atoms with Crippen molar-refractivity contribution < 1.29 is 0 Å². The van der Waals surface area contributed by atoms with Crippen LogP contribution in [0.4, 0.5) is 0 Å². The van der Waals surface area contributed by atoms with Gasteiger partial charge in [-0.3, -0.25) is 4.90 Å². The molecule has 0 saturated carbocycles. The molecule has 2 aromatic carbocycles. The Labute approximate surface area is 131 Å². The number of hydrogen-bond acceptors (Lipinski definition) is 1. The summed E-state index contributed by atoms with van der Waals surface area (Å²) in [5, 5.41) is 1.38. The summed E-state index contributed by atoms with van der Waals surface area (Å²) in [6.07, 6.45) is 6.12. The van der Waals surface area contributed by atoms with Crippen LogP contribution in [0.5, 0.6) is 0 Å². The second kappa shape index (κ2) is 5.98. The van der Waals surface area contributed by atoms with Crippen LogP contribution in [0.25, 0.3) is 10.9 Å². The number of nitrogens with zero attached hydrogens (tertiary/aromatic N) is 1. The van der Waals surface area contributed by atoms with E-state index in [2.05, 4.69) is 70.7 Å². The van der Waals surface area contributed by atoms with Gasteiger partial charge in [-0.15, -0.1) is 0 Å². The first kappa shape index (κ1) is 13.6. The normalized spacial score (nSPS) is 19.5. The zero-order chi connectivity index (χ0) is 14.8. The van der Waals surface area contributed by atoms with Crippen molar-refractivity contribution in [3.8, 4) is 0 Å². The van der Waals surface area contributed by atoms with Crippen molar-refractivity contribution in [2.75, 3.05) is 6.54 Å². The lowest BCUT2D eigenvalue weighted by molar-refractivity contribution is 0.141. The van der Waals surface area contributed by atoms with Crippen LogP contribution >= 0.6 is 0 Å². The van der Waals surface area contributed by atoms with E-state index in [-0.39, 0.29) is 0 Å². The Kier molecular flexibility index (Phi) is 3.69. The van der Waals surface area contributed by atoms with Gasteiger partial charge < -0.3 is 4.98 Å². The van der Waals surface area contributed by atoms with Crippen LogP contribution in [-0.4, -0.2) is 16.4 Å². The number of rotatable bonds is 3. The fourth-order valence-electron chi connectivity index (χ4n) is 3.72. The number of fused-ring (bicyclic) bond motifs is 1. The summed E-state index contributed by atoms with van der Waals surface area (Å²) in [5.41, 5.74) is 4.13. The zero-order valence-corrected chi connectivity index (χ0v) is 12.8. The molecule has 2 heterocycles. The summed E-state index contributed by atoms with van der Waals surface area (Å²) in [7, 11) is 0. The van der Waals surface area contributed by atoms with Crippen molar-refractivity contribution in [3.05, 3.63) is 71.9 Å². The number of benzene rings is 2. The van der Waals surface area contributed by atoms with Crippen LogP contribution in [0.3, 0.4) is 0 Å². The van der Waals surface area contributed by atoms with Crippen LogP contribution in [0.15, 0.2) is 60.8 Å². The molecule has 1 unspecified atom stereocenters. The van der Waals surface area contributed by atoms with Gasteiger partial charge in [0, 0.05) is 29.7 Å². The summed E-state index contributed by atoms with van der Waals surface area (Å²) in [5.74, 6) is 0. The molecule has 1 aliphatic rings. The Morgan fingerprint density at radius 1 is 0.955 bits per heavy atom. The molecular weight excluding hydrogens is 268 g/mol. The molecule has 22 heavy (non-hydrogen) atoms. The van der Waals surface area contributed by atoms with E-state index in [0.717, 1.165) is 6.54 Å². The Morgan fingerprint density at radius 2 is 1.77 bits per heavy atom. The first-order valence-corrected chi connectivity index (χ1v) is 8.26. The van der Waals surface area contributed by atoms with Gasteiger partial charge in [0.05, 0.1) is 0 Å². The molecule has 3 aromatic rings. The molecule has 112 valence electrons. The van der Waals surface area contributed by atoms with Crippen LogP contribution in [-0.2, 0) is 6.54 Å². The maximum absolute atomic E-state index is 3.44. The third-order valence-electron chi connectivity index (χ3n) is 4.82. The van der Waals surface area contributed by atoms with Crippen molar-refractivity contribution >= 4 is 10.9 Å². The topological polar surface area (TPSA) is 19.0 Å². The standard InChI is InChI=1S/C20H22N2/c1-2-8-16(9-3-1)15-22-13-7-6-12-20(22)18-14-21-19-11-5-4-10-17(18)19/h1-5,8-11,14,20-21H,6-7,12-13,15H2. The van der Waals surface area contributed by atoms with Gasteiger partial charge in [0.25, 0.3) is 0 Å². The Hall–Kier alpha value is -2.06. The number of H-pyrrole nitrogens is 1. The minimum absolute atomic E-state index is 0.533. The lowest BCUT2D eigenvalue weighted by Crippen LogP contribution is -2.32. The summed E-state index contributed by atoms with van der Waals surface area (Å²) in [6, 6.07) is 20.0. The maximum atomic E-state index is 3.44. The Bertz CT molecular complexity index is 745. The number of piperidine rings is 1. The van der Waals surface area contributed by atoms with E-state index in [9.17, 15) is 0 Å². The highest BCUT2D eigenvalue weighted by molar-refractivity contribution is 5.83. The predicted octanol–water partition coefficient (Wildman–Crippen LogP) is 4.90. The molecule has 1 aromatic heterocycles. The molecule has 0 radical (unpaired) electrons. The highest BCUT2D eigenvalue weighted by Gasteiger charge is 2.25. The predicted molar refractivity (Wildman–Crippen MR) is 91.7 cm³/mol. The second-order valence-electron chi connectivity index (χ2n) is 6.26. The number of hydrogen-bond donors (Lipinski definition) is 1. The summed E-state index contributed by atoms with van der Waals surface area (Å²) in [4.78, 5) is 6.09. The number of aromatic nitrogens is 1. The molecule has 2 nitrogen and oxygen atoms in total. The lowest BCUT2D eigenvalue weighted by Gasteiger charge is -2.35. The maximum Gasteiger partial charge on any atom is 0.0457 e. The molecule has 4 rings (SSSR count). The summed E-state index contributed by atoms with van der Waals surface area (Å²) >= 11 is 0. The van der Waals surface area contributed by atoms with E-state index in [1.54, 1.807) is 0 Å². The van der Waals surface area contributed by atoms with Crippen LogP contribution < -0.4 is 0 Å². The van der Waals surface area contributed by atoms with E-state index in [4.69, 9.17) is 0 Å². The van der Waals surface area contributed by atoms with Crippen molar-refractivity contribution in [2.24, 2.45) is 0 Å². The number of aromatic amines is 1. The van der Waals surface area contributed by atoms with Crippen molar-refractivity contribution in [1.29, 1.82) is 0 Å². The van der Waals surface area contributed by atoms with Gasteiger partial charge >= 0.3 is 0 Å². The van der Waals surface area contributed by atoms with Gasteiger partial charge in [0.1, 0.15) is 0 Å². The third-order valence-corrected chi connectivity index (χ3v) is 4.82. The smallest absolute Gasteiger partial charge is 0.0457 e. The third kappa shape index (κ3) is 2.55. The molecule has 1 N–H and O–H groups in total. The summed E-state index contributed by atoms with van der Waals surface area (Å²) in [6.45, 7) is 2.24. The lowest BCUT2D eigenvalue weighted by atomic mass is 9.94. The zero-order valence-electron chi connectivity index (χ0n) is 12.8. The number of nitrogens with one attached hydrogen (secondary N) is 1. The largest absolute Gasteiger partial charge is 0.361 e. The monoisotopic (exact) mass is 290 g/mol. The van der Waals surface area contributed by atoms with Gasteiger partial charge in [-0.1, -0.05) is 55.0 Å². The molecule has 0 amide bonds. The van der Waals surface area contributed by atoms with Gasteiger partial charge in [0.2, 0.25) is 0 Å². The van der Waals surface area contributed by atoms with Gasteiger partial charge in [-0.25, -0.2) is 0 Å². The molecule has 1 fully saturated rings. The molecular formula is C20H22N2. The molecule has 2 heteroatoms. The quantitative estimate of drug-likeness (QED) is 0.727. The SMILES string of the molecule is c1ccc(CN2CCCCC2c2c[nH]c3ccccc23)cc1. The van der Waals surface area contributed by atoms with Crippen molar-refractivity contribution in [2.45, 2.75) is 31.8 Å². The Balaban J connectivity index is 1.66. The van der Waals surface area contributed by atoms with Crippen LogP contribution in [0.2, 0.25) is 0 Å². The minimum Gasteiger partial charge on any atom is -0.361 e. The minimum atomic E-state index is 0.533. The van der Waals surface area contributed by atoms with Gasteiger partial charge in [-0.2, -0.15) is 0 Å². The molecule has 0 aliphatic carbocycles. The average molecular weight is 290 g/mol. The van der Waals surface area contributed by atoms with Crippen molar-refractivity contribution in [3.63, 3.8) is 0 Å². The van der Waals surface area contributed by atoms with E-state index >= 15 is 0 Å². The van der Waals surface area contributed by atoms with Gasteiger partial charge in [0.15, 0.2) is 0 Å².